The maximum atomic E-state index is 3.84. The van der Waals surface area contributed by atoms with E-state index < -0.39 is 26.5 Å². The molecule has 0 fully saturated rings. The third-order valence-electron chi connectivity index (χ3n) is 4.17. The van der Waals surface area contributed by atoms with Crippen LogP contribution >= 0.6 is 0 Å². The second-order valence-corrected chi connectivity index (χ2v) is 24.5. The molecule has 0 saturated carbocycles. The van der Waals surface area contributed by atoms with E-state index in [1.807, 2.05) is 0 Å². The first-order valence-corrected chi connectivity index (χ1v) is 18.9. The molecule has 1 aromatic carbocycles. The van der Waals surface area contributed by atoms with Gasteiger partial charge in [-0.15, -0.1) is 0 Å². The van der Waals surface area contributed by atoms with Gasteiger partial charge in [-0.2, -0.15) is 0 Å². The molecule has 0 spiro atoms. The quantitative estimate of drug-likeness (QED) is 0.556. The molecule has 0 atom stereocenters. The van der Waals surface area contributed by atoms with Crippen molar-refractivity contribution in [2.45, 2.75) is 48.0 Å². The Balaban J connectivity index is 3.03. The van der Waals surface area contributed by atoms with Crippen molar-refractivity contribution in [3.8, 4) is 9.51 Å². The van der Waals surface area contributed by atoms with Gasteiger partial charge in [0.25, 0.3) is 0 Å². The molecule has 0 amide bonds. The van der Waals surface area contributed by atoms with Gasteiger partial charge in [-0.25, -0.2) is 0 Å². The number of rotatable bonds is 4. The predicted molar refractivity (Wildman–Crippen MR) is 88.5 cm³/mol. The molecular weight excluding hydrogens is 337 g/mol. The van der Waals surface area contributed by atoms with Gasteiger partial charge in [-0.3, -0.25) is 0 Å². The van der Waals surface area contributed by atoms with Crippen LogP contribution in [0.3, 0.4) is 0 Å². The Morgan fingerprint density at radius 2 is 1.33 bits per heavy atom. The molecular formula is C16H26Ge2. The molecule has 0 radical (unpaired) electrons. The molecule has 0 bridgehead atoms. The molecule has 0 N–H and O–H groups in total. The van der Waals surface area contributed by atoms with E-state index in [0.29, 0.717) is 0 Å². The minimum atomic E-state index is -2.09. The normalized spacial score (nSPS) is 11.8. The summed E-state index contributed by atoms with van der Waals surface area (Å²) in [5.74, 6) is 4.85. The molecule has 0 unspecified atom stereocenters. The Bertz CT molecular complexity index is 411. The van der Waals surface area contributed by atoms with Crippen molar-refractivity contribution >= 4 is 30.9 Å². The van der Waals surface area contributed by atoms with Crippen molar-refractivity contribution in [2.24, 2.45) is 0 Å². The molecule has 0 aliphatic heterocycles. The van der Waals surface area contributed by atoms with Crippen LogP contribution < -0.4 is 4.40 Å². The zero-order valence-electron chi connectivity index (χ0n) is 12.5. The van der Waals surface area contributed by atoms with Crippen LogP contribution in [0.4, 0.5) is 0 Å². The molecule has 0 nitrogen and oxygen atoms in total. The Hall–Kier alpha value is -0.134. The molecule has 2 heteroatoms. The molecule has 0 saturated heterocycles. The van der Waals surface area contributed by atoms with Crippen molar-refractivity contribution in [1.29, 1.82) is 0 Å². The Labute approximate surface area is 118 Å². The van der Waals surface area contributed by atoms with E-state index in [1.165, 1.54) is 20.2 Å². The van der Waals surface area contributed by atoms with Crippen LogP contribution in [0.25, 0.3) is 0 Å². The fraction of sp³-hybridized carbons (Fsp3) is 0.500. The molecule has 1 aromatic rings. The minimum absolute atomic E-state index is 1.35. The van der Waals surface area contributed by atoms with Gasteiger partial charge < -0.3 is 0 Å². The summed E-state index contributed by atoms with van der Waals surface area (Å²) in [4.78, 5) is 0. The van der Waals surface area contributed by atoms with Crippen LogP contribution in [0.2, 0.25) is 27.3 Å². The summed E-state index contributed by atoms with van der Waals surface area (Å²) >= 11 is -3.90. The van der Waals surface area contributed by atoms with Gasteiger partial charge in [0.05, 0.1) is 0 Å². The van der Waals surface area contributed by atoms with Crippen molar-refractivity contribution in [3.63, 3.8) is 0 Å². The van der Waals surface area contributed by atoms with E-state index in [4.69, 9.17) is 0 Å². The molecule has 0 aliphatic carbocycles. The van der Waals surface area contributed by atoms with Crippen molar-refractivity contribution in [3.05, 3.63) is 30.3 Å². The first-order chi connectivity index (χ1) is 8.49. The summed E-state index contributed by atoms with van der Waals surface area (Å²) < 4.78 is 9.15. The summed E-state index contributed by atoms with van der Waals surface area (Å²) in [5, 5.41) is 4.06. The van der Waals surface area contributed by atoms with Crippen LogP contribution in [0.5, 0.6) is 0 Å². The van der Waals surface area contributed by atoms with Crippen LogP contribution in [0, 0.1) is 9.51 Å². The predicted octanol–water partition coefficient (Wildman–Crippen LogP) is 4.19. The zero-order chi connectivity index (χ0) is 13.6. The van der Waals surface area contributed by atoms with Crippen molar-refractivity contribution in [1.82, 2.24) is 0 Å². The van der Waals surface area contributed by atoms with Crippen LogP contribution in [0.1, 0.15) is 20.8 Å². The SMILES string of the molecule is C[CH2][Ge]([C]#[C][Ge]([CH3])([CH3])[c]1ccccc1)([CH2]C)[CH2]C. The van der Waals surface area contributed by atoms with Gasteiger partial charge in [-0.1, -0.05) is 0 Å². The Morgan fingerprint density at radius 1 is 0.833 bits per heavy atom. The van der Waals surface area contributed by atoms with E-state index in [9.17, 15) is 0 Å². The summed E-state index contributed by atoms with van der Waals surface area (Å²) in [5.41, 5.74) is 0. The van der Waals surface area contributed by atoms with Crippen LogP contribution in [-0.2, 0) is 0 Å². The average Bonchev–Trinajstić information content (AvgIpc) is 2.42. The second-order valence-electron chi connectivity index (χ2n) is 5.58. The van der Waals surface area contributed by atoms with Crippen molar-refractivity contribution in [2.75, 3.05) is 0 Å². The van der Waals surface area contributed by atoms with Crippen molar-refractivity contribution < 1.29 is 0 Å². The first kappa shape index (κ1) is 15.9. The monoisotopic (exact) mass is 366 g/mol. The molecule has 98 valence electrons. The third kappa shape index (κ3) is 3.93. The number of benzene rings is 1. The van der Waals surface area contributed by atoms with E-state index >= 15 is 0 Å². The van der Waals surface area contributed by atoms with Gasteiger partial charge in [-0.05, 0) is 0 Å². The molecule has 0 aromatic heterocycles. The van der Waals surface area contributed by atoms with Gasteiger partial charge in [0.2, 0.25) is 0 Å². The Kier molecular flexibility index (Phi) is 6.07. The second kappa shape index (κ2) is 6.87. The standard InChI is InChI=1S/C16H26Ge2/c1-6-18(7-2,8-3)15-14-17(4,5)16-12-10-9-11-13-16/h9-13H,6-8H2,1-5H3. The summed E-state index contributed by atoms with van der Waals surface area (Å²) in [6, 6.07) is 10.9. The maximum absolute atomic E-state index is 3.84. The Morgan fingerprint density at radius 3 is 1.78 bits per heavy atom. The van der Waals surface area contributed by atoms with E-state index in [2.05, 4.69) is 72.1 Å². The fourth-order valence-electron chi connectivity index (χ4n) is 2.23. The zero-order valence-corrected chi connectivity index (χ0v) is 16.7. The van der Waals surface area contributed by atoms with Crippen LogP contribution in [0.15, 0.2) is 30.3 Å². The van der Waals surface area contributed by atoms with E-state index in [0.717, 1.165) is 0 Å². The topological polar surface area (TPSA) is 0 Å². The van der Waals surface area contributed by atoms with E-state index in [-0.39, 0.29) is 0 Å². The summed E-state index contributed by atoms with van der Waals surface area (Å²) in [6.07, 6.45) is 0. The summed E-state index contributed by atoms with van der Waals surface area (Å²) in [6.45, 7) is 7.05. The third-order valence-corrected chi connectivity index (χ3v) is 20.5. The van der Waals surface area contributed by atoms with E-state index in [1.54, 1.807) is 0 Å². The molecule has 0 aliphatic rings. The molecule has 18 heavy (non-hydrogen) atoms. The average molecular weight is 364 g/mol. The van der Waals surface area contributed by atoms with Crippen LogP contribution in [-0.4, -0.2) is 26.5 Å². The van der Waals surface area contributed by atoms with Gasteiger partial charge >= 0.3 is 119 Å². The number of hydrogen-bond acceptors (Lipinski definition) is 0. The fourth-order valence-corrected chi connectivity index (χ4v) is 16.5. The molecule has 1 rings (SSSR count). The first-order valence-electron chi connectivity index (χ1n) is 7.09. The molecule has 0 heterocycles. The van der Waals surface area contributed by atoms with Gasteiger partial charge in [0.15, 0.2) is 0 Å². The summed E-state index contributed by atoms with van der Waals surface area (Å²) in [7, 11) is 0. The number of hydrogen-bond donors (Lipinski definition) is 0. The van der Waals surface area contributed by atoms with Gasteiger partial charge in [0, 0.05) is 0 Å². The van der Waals surface area contributed by atoms with Gasteiger partial charge in [0.1, 0.15) is 0 Å².